The molecule has 1 saturated carbocycles. The predicted molar refractivity (Wildman–Crippen MR) is 93.6 cm³/mol. The average molecular weight is 369 g/mol. The summed E-state index contributed by atoms with van der Waals surface area (Å²) in [6, 6.07) is 11.3. The minimum atomic E-state index is -0.623. The lowest BCUT2D eigenvalue weighted by Crippen LogP contribution is -2.36. The monoisotopic (exact) mass is 369 g/mol. The average Bonchev–Trinajstić information content (AvgIpc) is 3.33. The van der Waals surface area contributed by atoms with Gasteiger partial charge in [0.1, 0.15) is 17.7 Å². The molecule has 0 saturated heterocycles. The van der Waals surface area contributed by atoms with Gasteiger partial charge < -0.3 is 9.84 Å². The second-order valence-electron chi connectivity index (χ2n) is 6.75. The number of halogens is 2. The smallest absolute Gasteiger partial charge is 0.249 e. The summed E-state index contributed by atoms with van der Waals surface area (Å²) in [5, 5.41) is 6.79. The van der Waals surface area contributed by atoms with Crippen molar-refractivity contribution < 1.29 is 18.1 Å². The molecule has 0 radical (unpaired) electrons. The van der Waals surface area contributed by atoms with Gasteiger partial charge in [0.2, 0.25) is 17.6 Å². The fourth-order valence-corrected chi connectivity index (χ4v) is 3.06. The molecule has 0 spiro atoms. The van der Waals surface area contributed by atoms with Crippen molar-refractivity contribution in [3.63, 3.8) is 0 Å². The van der Waals surface area contributed by atoms with Crippen molar-refractivity contribution in [3.05, 3.63) is 71.6 Å². The van der Waals surface area contributed by atoms with E-state index in [0.717, 1.165) is 5.56 Å². The number of nitrogens with zero attached hydrogens (tertiary/aromatic N) is 2. The van der Waals surface area contributed by atoms with Gasteiger partial charge >= 0.3 is 0 Å². The van der Waals surface area contributed by atoms with Crippen molar-refractivity contribution >= 4 is 5.91 Å². The Labute approximate surface area is 154 Å². The highest BCUT2D eigenvalue weighted by Gasteiger charge is 2.51. The SMILES string of the molecule is CC(NC(=O)C1(c2ccc(F)cc2)CC1)c1nc(-c2ccc(F)cc2)no1. The maximum Gasteiger partial charge on any atom is 0.249 e. The van der Waals surface area contributed by atoms with Gasteiger partial charge in [-0.15, -0.1) is 0 Å². The van der Waals surface area contributed by atoms with Gasteiger partial charge in [0.15, 0.2) is 0 Å². The number of amides is 1. The van der Waals surface area contributed by atoms with Crippen LogP contribution in [0.1, 0.15) is 37.3 Å². The molecular formula is C20H17F2N3O2. The molecular weight excluding hydrogens is 352 g/mol. The van der Waals surface area contributed by atoms with Crippen molar-refractivity contribution in [2.24, 2.45) is 0 Å². The molecule has 1 aliphatic carbocycles. The number of aromatic nitrogens is 2. The Bertz CT molecular complexity index is 964. The van der Waals surface area contributed by atoms with Crippen molar-refractivity contribution in [2.45, 2.75) is 31.2 Å². The molecule has 5 nitrogen and oxygen atoms in total. The first kappa shape index (κ1) is 17.3. The standard InChI is InChI=1S/C20H17F2N3O2/c1-12(18-24-17(25-27-18)13-2-6-15(21)7-3-13)23-19(26)20(10-11-20)14-4-8-16(22)9-5-14/h2-9,12H,10-11H2,1H3,(H,23,26). The van der Waals surface area contributed by atoms with Crippen LogP contribution >= 0.6 is 0 Å². The van der Waals surface area contributed by atoms with Crippen LogP contribution in [0, 0.1) is 11.6 Å². The van der Waals surface area contributed by atoms with E-state index in [-0.39, 0.29) is 23.4 Å². The molecule has 0 aliphatic heterocycles. The first-order valence-electron chi connectivity index (χ1n) is 8.64. The Morgan fingerprint density at radius 1 is 1.07 bits per heavy atom. The van der Waals surface area contributed by atoms with Crippen molar-refractivity contribution in [2.75, 3.05) is 0 Å². The molecule has 0 bridgehead atoms. The summed E-state index contributed by atoms with van der Waals surface area (Å²) in [6.45, 7) is 1.75. The molecule has 2 aromatic carbocycles. The maximum absolute atomic E-state index is 13.1. The predicted octanol–water partition coefficient (Wildman–Crippen LogP) is 3.92. The maximum atomic E-state index is 13.1. The molecule has 1 amide bonds. The van der Waals surface area contributed by atoms with Crippen LogP contribution in [0.3, 0.4) is 0 Å². The third-order valence-corrected chi connectivity index (χ3v) is 4.84. The lowest BCUT2D eigenvalue weighted by Gasteiger charge is -2.18. The molecule has 138 valence electrons. The zero-order chi connectivity index (χ0) is 19.0. The van der Waals surface area contributed by atoms with E-state index in [2.05, 4.69) is 15.5 Å². The molecule has 1 aromatic heterocycles. The van der Waals surface area contributed by atoms with Gasteiger partial charge in [0.05, 0.1) is 5.41 Å². The minimum Gasteiger partial charge on any atom is -0.344 e. The summed E-state index contributed by atoms with van der Waals surface area (Å²) in [6.07, 6.45) is 1.42. The fourth-order valence-electron chi connectivity index (χ4n) is 3.06. The summed E-state index contributed by atoms with van der Waals surface area (Å²) in [5.41, 5.74) is 0.794. The third kappa shape index (κ3) is 3.32. The fraction of sp³-hybridized carbons (Fsp3) is 0.250. The molecule has 1 N–H and O–H groups in total. The van der Waals surface area contributed by atoms with Gasteiger partial charge in [-0.25, -0.2) is 8.78 Å². The van der Waals surface area contributed by atoms with Crippen LogP contribution in [0.15, 0.2) is 53.1 Å². The highest BCUT2D eigenvalue weighted by Crippen LogP contribution is 2.48. The van der Waals surface area contributed by atoms with Crippen LogP contribution in [0.5, 0.6) is 0 Å². The number of rotatable bonds is 5. The van der Waals surface area contributed by atoms with Crippen LogP contribution in [0.2, 0.25) is 0 Å². The zero-order valence-electron chi connectivity index (χ0n) is 14.6. The third-order valence-electron chi connectivity index (χ3n) is 4.84. The van der Waals surface area contributed by atoms with E-state index in [1.165, 1.54) is 24.3 Å². The topological polar surface area (TPSA) is 68.0 Å². The lowest BCUT2D eigenvalue weighted by molar-refractivity contribution is -0.124. The van der Waals surface area contributed by atoms with E-state index in [4.69, 9.17) is 4.52 Å². The van der Waals surface area contributed by atoms with Crippen LogP contribution in [0.4, 0.5) is 8.78 Å². The van der Waals surface area contributed by atoms with E-state index in [0.29, 0.717) is 24.2 Å². The molecule has 1 aliphatic rings. The molecule has 1 unspecified atom stereocenters. The highest BCUT2D eigenvalue weighted by molar-refractivity contribution is 5.91. The number of benzene rings is 2. The van der Waals surface area contributed by atoms with E-state index in [9.17, 15) is 13.6 Å². The molecule has 4 rings (SSSR count). The zero-order valence-corrected chi connectivity index (χ0v) is 14.6. The lowest BCUT2D eigenvalue weighted by atomic mass is 9.94. The normalized spacial score (nSPS) is 16.0. The van der Waals surface area contributed by atoms with Crippen LogP contribution in [0.25, 0.3) is 11.4 Å². The van der Waals surface area contributed by atoms with Crippen LogP contribution in [-0.4, -0.2) is 16.0 Å². The summed E-state index contributed by atoms with van der Waals surface area (Å²) in [5.74, 6) is -0.243. The summed E-state index contributed by atoms with van der Waals surface area (Å²) in [4.78, 5) is 17.1. The molecule has 7 heteroatoms. The van der Waals surface area contributed by atoms with Gasteiger partial charge in [-0.2, -0.15) is 4.98 Å². The van der Waals surface area contributed by atoms with E-state index in [1.807, 2.05) is 0 Å². The molecule has 1 heterocycles. The highest BCUT2D eigenvalue weighted by atomic mass is 19.1. The molecule has 1 fully saturated rings. The largest absolute Gasteiger partial charge is 0.344 e. The quantitative estimate of drug-likeness (QED) is 0.740. The van der Waals surface area contributed by atoms with E-state index >= 15 is 0 Å². The van der Waals surface area contributed by atoms with Gasteiger partial charge in [-0.3, -0.25) is 4.79 Å². The Morgan fingerprint density at radius 2 is 1.67 bits per heavy atom. The molecule has 1 atom stereocenters. The van der Waals surface area contributed by atoms with Crippen molar-refractivity contribution in [1.29, 1.82) is 0 Å². The van der Waals surface area contributed by atoms with E-state index in [1.54, 1.807) is 31.2 Å². The summed E-state index contributed by atoms with van der Waals surface area (Å²) in [7, 11) is 0. The summed E-state index contributed by atoms with van der Waals surface area (Å²) >= 11 is 0. The van der Waals surface area contributed by atoms with Crippen molar-refractivity contribution in [3.8, 4) is 11.4 Å². The van der Waals surface area contributed by atoms with Gasteiger partial charge in [-0.05, 0) is 61.7 Å². The van der Waals surface area contributed by atoms with Gasteiger partial charge in [0, 0.05) is 5.56 Å². The van der Waals surface area contributed by atoms with Crippen LogP contribution < -0.4 is 5.32 Å². The molecule has 27 heavy (non-hydrogen) atoms. The Kier molecular flexibility index (Phi) is 4.22. The first-order valence-corrected chi connectivity index (χ1v) is 8.64. The van der Waals surface area contributed by atoms with Crippen molar-refractivity contribution in [1.82, 2.24) is 15.5 Å². The van der Waals surface area contributed by atoms with Gasteiger partial charge in [-0.1, -0.05) is 17.3 Å². The minimum absolute atomic E-state index is 0.150. The van der Waals surface area contributed by atoms with Gasteiger partial charge in [0.25, 0.3) is 0 Å². The Hall–Kier alpha value is -3.09. The summed E-state index contributed by atoms with van der Waals surface area (Å²) < 4.78 is 31.4. The number of carbonyl (C=O) groups is 1. The molecule has 3 aromatic rings. The first-order chi connectivity index (χ1) is 13.0. The number of hydrogen-bond donors (Lipinski definition) is 1. The second kappa shape index (κ2) is 6.57. The van der Waals surface area contributed by atoms with E-state index < -0.39 is 11.5 Å². The number of hydrogen-bond acceptors (Lipinski definition) is 4. The second-order valence-corrected chi connectivity index (χ2v) is 6.75. The Morgan fingerprint density at radius 3 is 2.26 bits per heavy atom. The number of carbonyl (C=O) groups excluding carboxylic acids is 1. The Balaban J connectivity index is 1.48. The van der Waals surface area contributed by atoms with Crippen LogP contribution in [-0.2, 0) is 10.2 Å². The number of nitrogens with one attached hydrogen (secondary N) is 1.